The molecule has 9 heteroatoms. The molecular weight excluding hydrogens is 454 g/mol. The molecule has 168 valence electrons. The fourth-order valence-electron chi connectivity index (χ4n) is 4.71. The number of hydrogen-bond acceptors (Lipinski definition) is 8. The minimum Gasteiger partial charge on any atom is -0.297 e. The molecule has 6 rings (SSSR count). The van der Waals surface area contributed by atoms with Crippen LogP contribution in [-0.2, 0) is 25.9 Å². The first-order valence-electron chi connectivity index (χ1n) is 11.0. The van der Waals surface area contributed by atoms with Crippen molar-refractivity contribution < 1.29 is 4.63 Å². The van der Waals surface area contributed by atoms with E-state index >= 15 is 0 Å². The van der Waals surface area contributed by atoms with Gasteiger partial charge in [0.25, 0.3) is 5.56 Å². The molecular formula is C24H23N5O2S2. The summed E-state index contributed by atoms with van der Waals surface area (Å²) in [7, 11) is 2.12. The van der Waals surface area contributed by atoms with Crippen LogP contribution in [0.2, 0.25) is 0 Å². The summed E-state index contributed by atoms with van der Waals surface area (Å²) < 4.78 is 7.85. The third-order valence-corrected chi connectivity index (χ3v) is 8.84. The maximum absolute atomic E-state index is 13.4. The lowest BCUT2D eigenvalue weighted by Crippen LogP contribution is -2.36. The van der Waals surface area contributed by atoms with Crippen molar-refractivity contribution in [2.24, 2.45) is 0 Å². The number of fused-ring (bicyclic) bond motifs is 4. The molecule has 0 fully saturated rings. The van der Waals surface area contributed by atoms with E-state index in [-0.39, 0.29) is 5.56 Å². The molecule has 4 heterocycles. The van der Waals surface area contributed by atoms with Crippen LogP contribution in [0.15, 0.2) is 46.1 Å². The van der Waals surface area contributed by atoms with Gasteiger partial charge in [-0.1, -0.05) is 28.5 Å². The van der Waals surface area contributed by atoms with Crippen LogP contribution in [0.1, 0.15) is 33.1 Å². The zero-order valence-corrected chi connectivity index (χ0v) is 20.1. The molecule has 1 aliphatic rings. The van der Waals surface area contributed by atoms with Crippen LogP contribution in [0.5, 0.6) is 0 Å². The zero-order valence-electron chi connectivity index (χ0n) is 18.4. The molecule has 0 aliphatic heterocycles. The van der Waals surface area contributed by atoms with Gasteiger partial charge in [-0.2, -0.15) is 0 Å². The number of hydrogen-bond donors (Lipinski definition) is 0. The molecule has 33 heavy (non-hydrogen) atoms. The van der Waals surface area contributed by atoms with Crippen molar-refractivity contribution in [2.75, 3.05) is 7.05 Å². The highest BCUT2D eigenvalue weighted by Gasteiger charge is 2.28. The maximum atomic E-state index is 13.4. The van der Waals surface area contributed by atoms with E-state index in [1.807, 2.05) is 13.0 Å². The topological polar surface area (TPSA) is 77.1 Å². The van der Waals surface area contributed by atoms with Crippen LogP contribution in [0, 0.1) is 6.92 Å². The summed E-state index contributed by atoms with van der Waals surface area (Å²) in [5.41, 5.74) is 2.99. The highest BCUT2D eigenvalue weighted by molar-refractivity contribution is 7.19. The summed E-state index contributed by atoms with van der Waals surface area (Å²) in [6, 6.07) is 10.9. The number of aromatic nitrogens is 4. The van der Waals surface area contributed by atoms with Crippen LogP contribution < -0.4 is 5.56 Å². The van der Waals surface area contributed by atoms with Crippen molar-refractivity contribution in [1.29, 1.82) is 0 Å². The molecule has 0 radical (unpaired) electrons. The van der Waals surface area contributed by atoms with Crippen molar-refractivity contribution in [1.82, 2.24) is 24.8 Å². The van der Waals surface area contributed by atoms with Crippen molar-refractivity contribution in [3.63, 3.8) is 0 Å². The Labute approximate surface area is 198 Å². The Balaban J connectivity index is 1.27. The smallest absolute Gasteiger partial charge is 0.262 e. The van der Waals surface area contributed by atoms with Gasteiger partial charge in [0.1, 0.15) is 16.2 Å². The normalized spacial score (nSPS) is 16.2. The van der Waals surface area contributed by atoms with Crippen molar-refractivity contribution in [3.8, 4) is 0 Å². The maximum Gasteiger partial charge on any atom is 0.262 e. The molecule has 1 atom stereocenters. The van der Waals surface area contributed by atoms with Crippen LogP contribution in [0.4, 0.5) is 0 Å². The summed E-state index contributed by atoms with van der Waals surface area (Å²) in [5.74, 6) is 0. The fourth-order valence-corrected chi connectivity index (χ4v) is 7.03. The molecule has 0 spiro atoms. The van der Waals surface area contributed by atoms with Crippen molar-refractivity contribution in [2.45, 2.75) is 45.3 Å². The number of likely N-dealkylation sites (N-methyl/N-ethyl adjacent to an activating group) is 1. The summed E-state index contributed by atoms with van der Waals surface area (Å²) in [6.45, 7) is 3.18. The van der Waals surface area contributed by atoms with E-state index < -0.39 is 0 Å². The van der Waals surface area contributed by atoms with Crippen LogP contribution in [0.25, 0.3) is 20.3 Å². The Hall–Kier alpha value is -2.88. The average molecular weight is 478 g/mol. The van der Waals surface area contributed by atoms with E-state index in [2.05, 4.69) is 51.5 Å². The first-order valence-corrected chi connectivity index (χ1v) is 12.7. The fraction of sp³-hybridized carbons (Fsp3) is 0.333. The van der Waals surface area contributed by atoms with Crippen molar-refractivity contribution in [3.05, 3.63) is 73.7 Å². The van der Waals surface area contributed by atoms with Crippen molar-refractivity contribution >= 4 is 43.0 Å². The number of nitrogens with zero attached hydrogens (tertiary/aromatic N) is 5. The second-order valence-electron chi connectivity index (χ2n) is 8.72. The third-order valence-electron chi connectivity index (χ3n) is 6.58. The Morgan fingerprint density at radius 3 is 2.94 bits per heavy atom. The van der Waals surface area contributed by atoms with Gasteiger partial charge in [0.15, 0.2) is 0 Å². The van der Waals surface area contributed by atoms with Gasteiger partial charge in [-0.05, 0) is 56.3 Å². The van der Waals surface area contributed by atoms with Crippen LogP contribution in [-0.4, -0.2) is 37.9 Å². The lowest BCUT2D eigenvalue weighted by atomic mass is 9.92. The Bertz CT molecular complexity index is 1500. The second kappa shape index (κ2) is 8.16. The van der Waals surface area contributed by atoms with E-state index in [4.69, 9.17) is 4.63 Å². The summed E-state index contributed by atoms with van der Waals surface area (Å²) in [4.78, 5) is 23.8. The highest BCUT2D eigenvalue weighted by atomic mass is 32.1. The van der Waals surface area contributed by atoms with Gasteiger partial charge in [-0.3, -0.25) is 14.3 Å². The third kappa shape index (κ3) is 3.70. The Morgan fingerprint density at radius 2 is 2.12 bits per heavy atom. The number of thiophene rings is 2. The number of rotatable bonds is 5. The standard InChI is InChI=1S/C24H23N5O2S2/c1-14-19(27-31-26-14)12-28(2)16-7-8-18-21(10-16)33-23-22(18)24(30)29(13-25-23)11-17-9-15-5-3-4-6-20(15)32-17/h3-6,9,13,16H,7-8,10-12H2,1-2H3/t16-/m1/s1. The minimum absolute atomic E-state index is 0.0751. The highest BCUT2D eigenvalue weighted by Crippen LogP contribution is 2.35. The van der Waals surface area contributed by atoms with Gasteiger partial charge in [-0.25, -0.2) is 9.61 Å². The minimum atomic E-state index is 0.0751. The first-order chi connectivity index (χ1) is 16.1. The van der Waals surface area contributed by atoms with Gasteiger partial charge in [-0.15, -0.1) is 22.7 Å². The van der Waals surface area contributed by atoms with E-state index in [1.54, 1.807) is 33.6 Å². The Morgan fingerprint density at radius 1 is 1.24 bits per heavy atom. The molecule has 1 aromatic carbocycles. The van der Waals surface area contributed by atoms with E-state index in [0.29, 0.717) is 19.1 Å². The molecule has 0 bridgehead atoms. The predicted molar refractivity (Wildman–Crippen MR) is 131 cm³/mol. The second-order valence-corrected chi connectivity index (χ2v) is 11.0. The lowest BCUT2D eigenvalue weighted by molar-refractivity contribution is 0.207. The molecule has 5 aromatic rings. The molecule has 1 aliphatic carbocycles. The largest absolute Gasteiger partial charge is 0.297 e. The SMILES string of the molecule is Cc1nonc1CN(C)[C@@H]1CCc2c(sc3ncn(Cc4cc5ccccc5s4)c(=O)c23)C1. The quantitative estimate of drug-likeness (QED) is 0.373. The molecule has 0 N–H and O–H groups in total. The van der Waals surface area contributed by atoms with Gasteiger partial charge < -0.3 is 0 Å². The molecule has 0 saturated heterocycles. The predicted octanol–water partition coefficient (Wildman–Crippen LogP) is 4.40. The van der Waals surface area contributed by atoms with Gasteiger partial charge >= 0.3 is 0 Å². The zero-order chi connectivity index (χ0) is 22.5. The average Bonchev–Trinajstić information content (AvgIpc) is 3.51. The molecule has 0 saturated carbocycles. The van der Waals surface area contributed by atoms with E-state index in [9.17, 15) is 4.79 Å². The molecule has 0 amide bonds. The van der Waals surface area contributed by atoms with Crippen LogP contribution in [0.3, 0.4) is 0 Å². The van der Waals surface area contributed by atoms with Gasteiger partial charge in [0.05, 0.1) is 18.3 Å². The molecule has 7 nitrogen and oxygen atoms in total. The first kappa shape index (κ1) is 20.7. The van der Waals surface area contributed by atoms with E-state index in [0.717, 1.165) is 40.9 Å². The molecule has 0 unspecified atom stereocenters. The number of benzene rings is 1. The number of aryl methyl sites for hydroxylation is 2. The monoisotopic (exact) mass is 477 g/mol. The summed E-state index contributed by atoms with van der Waals surface area (Å²) in [6.07, 6.45) is 4.53. The summed E-state index contributed by atoms with van der Waals surface area (Å²) in [5, 5.41) is 9.94. The molecule has 4 aromatic heterocycles. The van der Waals surface area contributed by atoms with Gasteiger partial charge in [0.2, 0.25) is 0 Å². The lowest BCUT2D eigenvalue weighted by Gasteiger charge is -2.30. The van der Waals surface area contributed by atoms with E-state index in [1.165, 1.54) is 25.4 Å². The van der Waals surface area contributed by atoms with Gasteiger partial charge in [0, 0.05) is 27.0 Å². The van der Waals surface area contributed by atoms with Crippen LogP contribution >= 0.6 is 22.7 Å². The Kier molecular flexibility index (Phi) is 5.12. The summed E-state index contributed by atoms with van der Waals surface area (Å²) >= 11 is 3.41.